The van der Waals surface area contributed by atoms with Gasteiger partial charge in [-0.25, -0.2) is 4.99 Å². The van der Waals surface area contributed by atoms with Gasteiger partial charge in [-0.1, -0.05) is 6.07 Å². The molecule has 0 aliphatic carbocycles. The molecule has 2 aliphatic rings. The zero-order chi connectivity index (χ0) is 18.5. The molecule has 152 valence electrons. The molecular formula is C19H31IN4O2S. The summed E-state index contributed by atoms with van der Waals surface area (Å²) in [4.78, 5) is 21.8. The van der Waals surface area contributed by atoms with Crippen LogP contribution in [0, 0.1) is 11.8 Å². The van der Waals surface area contributed by atoms with Crippen molar-refractivity contribution in [3.8, 4) is 0 Å². The summed E-state index contributed by atoms with van der Waals surface area (Å²) >= 11 is 1.74. The normalized spacial score (nSPS) is 23.8. The Balaban J connectivity index is 0.00000261. The molecule has 6 nitrogen and oxygen atoms in total. The van der Waals surface area contributed by atoms with Crippen molar-refractivity contribution < 1.29 is 9.53 Å². The lowest BCUT2D eigenvalue weighted by Gasteiger charge is -2.26. The first-order valence-corrected chi connectivity index (χ1v) is 10.3. The number of likely N-dealkylation sites (N-methyl/N-ethyl adjacent to an activating group) is 1. The quantitative estimate of drug-likeness (QED) is 0.379. The fourth-order valence-corrected chi connectivity index (χ4v) is 4.35. The number of nitrogens with zero attached hydrogens (tertiary/aromatic N) is 3. The average Bonchev–Trinajstić information content (AvgIpc) is 3.38. The number of aliphatic imine (C=N–C) groups is 1. The van der Waals surface area contributed by atoms with E-state index in [-0.39, 0.29) is 42.5 Å². The molecular weight excluding hydrogens is 475 g/mol. The van der Waals surface area contributed by atoms with Crippen LogP contribution in [0.5, 0.6) is 0 Å². The van der Waals surface area contributed by atoms with Crippen LogP contribution in [0.4, 0.5) is 0 Å². The Labute approximate surface area is 183 Å². The molecule has 8 heteroatoms. The van der Waals surface area contributed by atoms with E-state index in [4.69, 9.17) is 4.74 Å². The third-order valence-corrected chi connectivity index (χ3v) is 6.39. The molecule has 3 atom stereocenters. The molecule has 0 radical (unpaired) electrons. The summed E-state index contributed by atoms with van der Waals surface area (Å²) in [7, 11) is 3.54. The number of nitrogens with one attached hydrogen (secondary N) is 1. The van der Waals surface area contributed by atoms with Crippen molar-refractivity contribution >= 4 is 47.2 Å². The topological polar surface area (TPSA) is 57.2 Å². The van der Waals surface area contributed by atoms with Crippen LogP contribution in [0.15, 0.2) is 22.5 Å². The van der Waals surface area contributed by atoms with Gasteiger partial charge in [0, 0.05) is 45.3 Å². The molecule has 3 unspecified atom stereocenters. The standard InChI is InChI=1S/C19H30N4O2S.HI/c1-14(17-5-4-10-26-17)21-19(20-11-18(24)22(2)3)23-8-6-15(12-23)16-7-9-25-13-16;/h4-5,10,14-16H,6-9,11-13H2,1-3H3,(H,20,21);1H. The second-order valence-corrected chi connectivity index (χ2v) is 8.41. The molecule has 3 rings (SSSR count). The maximum absolute atomic E-state index is 12.0. The van der Waals surface area contributed by atoms with Gasteiger partial charge in [-0.2, -0.15) is 0 Å². The van der Waals surface area contributed by atoms with Crippen molar-refractivity contribution in [1.82, 2.24) is 15.1 Å². The van der Waals surface area contributed by atoms with Crippen LogP contribution in [0.25, 0.3) is 0 Å². The number of guanidine groups is 1. The Morgan fingerprint density at radius 2 is 2.26 bits per heavy atom. The van der Waals surface area contributed by atoms with E-state index >= 15 is 0 Å². The molecule has 0 bridgehead atoms. The summed E-state index contributed by atoms with van der Waals surface area (Å²) in [5, 5.41) is 5.64. The molecule has 2 aliphatic heterocycles. The van der Waals surface area contributed by atoms with Gasteiger partial charge in [-0.3, -0.25) is 4.79 Å². The number of hydrogen-bond donors (Lipinski definition) is 1. The minimum atomic E-state index is 0. The molecule has 27 heavy (non-hydrogen) atoms. The largest absolute Gasteiger partial charge is 0.381 e. The van der Waals surface area contributed by atoms with Crippen LogP contribution in [-0.2, 0) is 9.53 Å². The van der Waals surface area contributed by atoms with Gasteiger partial charge in [0.15, 0.2) is 5.96 Å². The highest BCUT2D eigenvalue weighted by molar-refractivity contribution is 14.0. The number of rotatable bonds is 5. The predicted octanol–water partition coefficient (Wildman–Crippen LogP) is 2.82. The number of thiophene rings is 1. The number of carbonyl (C=O) groups excluding carboxylic acids is 1. The third kappa shape index (κ3) is 6.05. The predicted molar refractivity (Wildman–Crippen MR) is 121 cm³/mol. The Morgan fingerprint density at radius 1 is 1.44 bits per heavy atom. The summed E-state index contributed by atoms with van der Waals surface area (Å²) in [6, 6.07) is 4.38. The van der Waals surface area contributed by atoms with E-state index in [1.165, 1.54) is 17.7 Å². The van der Waals surface area contributed by atoms with Crippen LogP contribution < -0.4 is 5.32 Å². The molecule has 2 saturated heterocycles. The highest BCUT2D eigenvalue weighted by Crippen LogP contribution is 2.30. The number of carbonyl (C=O) groups is 1. The second-order valence-electron chi connectivity index (χ2n) is 7.43. The third-order valence-electron chi connectivity index (χ3n) is 5.33. The van der Waals surface area contributed by atoms with Crippen molar-refractivity contribution in [2.45, 2.75) is 25.8 Å². The minimum absolute atomic E-state index is 0. The first-order valence-electron chi connectivity index (χ1n) is 9.42. The summed E-state index contributed by atoms with van der Waals surface area (Å²) in [5.41, 5.74) is 0. The number of hydrogen-bond acceptors (Lipinski definition) is 4. The van der Waals surface area contributed by atoms with Gasteiger partial charge < -0.3 is 19.9 Å². The van der Waals surface area contributed by atoms with Crippen molar-refractivity contribution in [2.75, 3.05) is 46.9 Å². The van der Waals surface area contributed by atoms with Gasteiger partial charge in [0.05, 0.1) is 6.04 Å². The van der Waals surface area contributed by atoms with Gasteiger partial charge >= 0.3 is 0 Å². The maximum Gasteiger partial charge on any atom is 0.243 e. The van der Waals surface area contributed by atoms with E-state index in [1.807, 2.05) is 0 Å². The van der Waals surface area contributed by atoms with Crippen LogP contribution >= 0.6 is 35.3 Å². The molecule has 1 aromatic rings. The van der Waals surface area contributed by atoms with Crippen molar-refractivity contribution in [3.05, 3.63) is 22.4 Å². The smallest absolute Gasteiger partial charge is 0.243 e. The highest BCUT2D eigenvalue weighted by Gasteiger charge is 2.33. The summed E-state index contributed by atoms with van der Waals surface area (Å²) in [6.45, 7) is 6.09. The second kappa shape index (κ2) is 10.6. The van der Waals surface area contributed by atoms with E-state index in [9.17, 15) is 4.79 Å². The molecule has 1 amide bonds. The summed E-state index contributed by atoms with van der Waals surface area (Å²) < 4.78 is 5.57. The molecule has 1 aromatic heterocycles. The van der Waals surface area contributed by atoms with Crippen LogP contribution in [0.2, 0.25) is 0 Å². The molecule has 0 spiro atoms. The molecule has 2 fully saturated rings. The van der Waals surface area contributed by atoms with Crippen molar-refractivity contribution in [2.24, 2.45) is 16.8 Å². The average molecular weight is 506 g/mol. The summed E-state index contributed by atoms with van der Waals surface area (Å²) in [5.74, 6) is 2.20. The zero-order valence-electron chi connectivity index (χ0n) is 16.4. The zero-order valence-corrected chi connectivity index (χ0v) is 19.5. The summed E-state index contributed by atoms with van der Waals surface area (Å²) in [6.07, 6.45) is 2.34. The van der Waals surface area contributed by atoms with E-state index < -0.39 is 0 Å². The molecule has 1 N–H and O–H groups in total. The lowest BCUT2D eigenvalue weighted by Crippen LogP contribution is -2.42. The van der Waals surface area contributed by atoms with E-state index in [2.05, 4.69) is 39.6 Å². The van der Waals surface area contributed by atoms with Crippen molar-refractivity contribution in [1.29, 1.82) is 0 Å². The van der Waals surface area contributed by atoms with Gasteiger partial charge in [0.25, 0.3) is 0 Å². The Bertz CT molecular complexity index is 617. The maximum atomic E-state index is 12.0. The molecule has 0 saturated carbocycles. The minimum Gasteiger partial charge on any atom is -0.381 e. The van der Waals surface area contributed by atoms with E-state index in [0.29, 0.717) is 11.8 Å². The lowest BCUT2D eigenvalue weighted by atomic mass is 9.91. The monoisotopic (exact) mass is 506 g/mol. The molecule has 3 heterocycles. The van der Waals surface area contributed by atoms with Gasteiger partial charge in [-0.05, 0) is 43.0 Å². The van der Waals surface area contributed by atoms with Crippen LogP contribution in [0.1, 0.15) is 30.7 Å². The highest BCUT2D eigenvalue weighted by atomic mass is 127. The first kappa shape index (κ1) is 22.4. The van der Waals surface area contributed by atoms with Crippen molar-refractivity contribution in [3.63, 3.8) is 0 Å². The number of halogens is 1. The fraction of sp³-hybridized carbons (Fsp3) is 0.684. The van der Waals surface area contributed by atoms with E-state index in [0.717, 1.165) is 32.3 Å². The number of ether oxygens (including phenoxy) is 1. The van der Waals surface area contributed by atoms with Gasteiger partial charge in [0.2, 0.25) is 5.91 Å². The van der Waals surface area contributed by atoms with Gasteiger partial charge in [-0.15, -0.1) is 35.3 Å². The molecule has 0 aromatic carbocycles. The Morgan fingerprint density at radius 3 is 2.89 bits per heavy atom. The van der Waals surface area contributed by atoms with Crippen LogP contribution in [-0.4, -0.2) is 68.6 Å². The fourth-order valence-electron chi connectivity index (χ4n) is 3.61. The number of amides is 1. The van der Waals surface area contributed by atoms with Crippen LogP contribution in [0.3, 0.4) is 0 Å². The lowest BCUT2D eigenvalue weighted by molar-refractivity contribution is -0.127. The van der Waals surface area contributed by atoms with Gasteiger partial charge in [0.1, 0.15) is 6.54 Å². The Kier molecular flexibility index (Phi) is 8.81. The van der Waals surface area contributed by atoms with E-state index in [1.54, 1.807) is 30.3 Å². The Hall–Kier alpha value is -0.870. The first-order chi connectivity index (χ1) is 12.5. The number of likely N-dealkylation sites (tertiary alicyclic amines) is 1. The SMILES string of the molecule is CC(NC(=NCC(=O)N(C)C)N1CCC(C2CCOC2)C1)c1cccs1.I.